The van der Waals surface area contributed by atoms with Gasteiger partial charge in [-0.2, -0.15) is 0 Å². The molecule has 0 fully saturated rings. The van der Waals surface area contributed by atoms with Crippen molar-refractivity contribution in [3.63, 3.8) is 0 Å². The Balaban J connectivity index is 0.00000432. The molecule has 0 aliphatic rings. The van der Waals surface area contributed by atoms with Gasteiger partial charge in [-0.15, -0.1) is 18.0 Å². The lowest BCUT2D eigenvalue weighted by molar-refractivity contribution is -0.0551. The first-order valence-electron chi connectivity index (χ1n) is 11.2. The molecule has 2 unspecified atom stereocenters. The van der Waals surface area contributed by atoms with Crippen LogP contribution in [0.1, 0.15) is 25.0 Å². The van der Waals surface area contributed by atoms with Crippen LogP contribution in [0.15, 0.2) is 36.7 Å². The Morgan fingerprint density at radius 2 is 1.57 bits per heavy atom. The van der Waals surface area contributed by atoms with E-state index in [1.807, 2.05) is 44.2 Å². The Morgan fingerprint density at radius 1 is 0.943 bits per heavy atom. The van der Waals surface area contributed by atoms with Gasteiger partial charge in [0.05, 0.1) is 5.52 Å². The monoisotopic (exact) mass is 515 g/mol. The van der Waals surface area contributed by atoms with Crippen LogP contribution in [0.3, 0.4) is 0 Å². The van der Waals surface area contributed by atoms with E-state index < -0.39 is 20.7 Å². The summed E-state index contributed by atoms with van der Waals surface area (Å²) in [6.45, 7) is 12.4. The maximum Gasteiger partial charge on any atom is 0.196 e. The van der Waals surface area contributed by atoms with Gasteiger partial charge in [-0.25, -0.2) is 9.97 Å². The number of benzene rings is 2. The zero-order valence-electron chi connectivity index (χ0n) is 21.6. The van der Waals surface area contributed by atoms with Crippen molar-refractivity contribution in [1.29, 1.82) is 0 Å². The quantitative estimate of drug-likeness (QED) is 0.221. The molecular weight excluding hydrogens is 482 g/mol. The fourth-order valence-corrected chi connectivity index (χ4v) is 3.60. The summed E-state index contributed by atoms with van der Waals surface area (Å²) < 4.78 is 22.4. The van der Waals surface area contributed by atoms with E-state index in [2.05, 4.69) is 53.3 Å². The first-order chi connectivity index (χ1) is 16.1. The van der Waals surface area contributed by atoms with Gasteiger partial charge >= 0.3 is 0 Å². The Morgan fingerprint density at radius 3 is 2.17 bits per heavy atom. The Labute approximate surface area is 215 Å². The SMILES string of the molecule is COC(C)Oc1cc2ncnc(Nc3cccc(C#C[Si](C)(C)C)c3C)c2cc1OC(C)OC.Cl. The molecule has 3 rings (SSSR count). The van der Waals surface area contributed by atoms with Gasteiger partial charge in [0.1, 0.15) is 20.2 Å². The molecule has 1 heterocycles. The number of rotatable bonds is 8. The van der Waals surface area contributed by atoms with Gasteiger partial charge in [-0.1, -0.05) is 31.6 Å². The van der Waals surface area contributed by atoms with E-state index in [1.54, 1.807) is 14.2 Å². The molecule has 0 amide bonds. The molecule has 9 heteroatoms. The molecule has 3 aromatic rings. The van der Waals surface area contributed by atoms with Crippen molar-refractivity contribution in [3.8, 4) is 23.0 Å². The lowest BCUT2D eigenvalue weighted by Gasteiger charge is -2.20. The van der Waals surface area contributed by atoms with Crippen LogP contribution in [0.2, 0.25) is 19.6 Å². The minimum absolute atomic E-state index is 0. The van der Waals surface area contributed by atoms with Gasteiger partial charge in [0, 0.05) is 36.9 Å². The van der Waals surface area contributed by atoms with Crippen LogP contribution in [0.5, 0.6) is 11.5 Å². The molecular formula is C26H34ClN3O4Si. The van der Waals surface area contributed by atoms with E-state index in [4.69, 9.17) is 18.9 Å². The van der Waals surface area contributed by atoms with Crippen LogP contribution < -0.4 is 14.8 Å². The number of halogens is 1. The molecule has 35 heavy (non-hydrogen) atoms. The van der Waals surface area contributed by atoms with E-state index in [-0.39, 0.29) is 12.4 Å². The molecule has 188 valence electrons. The molecule has 2 atom stereocenters. The van der Waals surface area contributed by atoms with Crippen molar-refractivity contribution in [1.82, 2.24) is 9.97 Å². The lowest BCUT2D eigenvalue weighted by atomic mass is 10.1. The molecule has 2 aromatic carbocycles. The van der Waals surface area contributed by atoms with Gasteiger partial charge < -0.3 is 24.3 Å². The zero-order chi connectivity index (χ0) is 24.9. The van der Waals surface area contributed by atoms with Gasteiger partial charge in [-0.05, 0) is 44.5 Å². The summed E-state index contributed by atoms with van der Waals surface area (Å²) in [4.78, 5) is 8.94. The molecule has 1 aromatic heterocycles. The molecule has 0 spiro atoms. The third-order valence-electron chi connectivity index (χ3n) is 5.11. The van der Waals surface area contributed by atoms with Crippen LogP contribution >= 0.6 is 12.4 Å². The number of aromatic nitrogens is 2. The lowest BCUT2D eigenvalue weighted by Crippen LogP contribution is -2.17. The van der Waals surface area contributed by atoms with Crippen LogP contribution in [-0.2, 0) is 9.47 Å². The van der Waals surface area contributed by atoms with Crippen LogP contribution in [0, 0.1) is 18.4 Å². The third kappa shape index (κ3) is 7.57. The normalized spacial score (nSPS) is 12.7. The van der Waals surface area contributed by atoms with Gasteiger partial charge in [-0.3, -0.25) is 0 Å². The highest BCUT2D eigenvalue weighted by molar-refractivity contribution is 6.83. The predicted octanol–water partition coefficient (Wildman–Crippen LogP) is 6.07. The average molecular weight is 516 g/mol. The minimum Gasteiger partial charge on any atom is -0.461 e. The third-order valence-corrected chi connectivity index (χ3v) is 5.98. The molecule has 0 bridgehead atoms. The average Bonchev–Trinajstić information content (AvgIpc) is 2.79. The maximum absolute atomic E-state index is 5.96. The Hall–Kier alpha value is -2.83. The highest BCUT2D eigenvalue weighted by Crippen LogP contribution is 2.36. The van der Waals surface area contributed by atoms with Crippen LogP contribution in [0.4, 0.5) is 11.5 Å². The van der Waals surface area contributed by atoms with Gasteiger partial charge in [0.25, 0.3) is 0 Å². The first-order valence-corrected chi connectivity index (χ1v) is 14.7. The van der Waals surface area contributed by atoms with E-state index in [0.29, 0.717) is 22.8 Å². The second kappa shape index (κ2) is 12.2. The summed E-state index contributed by atoms with van der Waals surface area (Å²) in [6, 6.07) is 9.74. The zero-order valence-corrected chi connectivity index (χ0v) is 23.4. The number of methoxy groups -OCH3 is 2. The number of fused-ring (bicyclic) bond motifs is 1. The summed E-state index contributed by atoms with van der Waals surface area (Å²) in [5, 5.41) is 4.25. The molecule has 7 nitrogen and oxygen atoms in total. The van der Waals surface area contributed by atoms with E-state index in [9.17, 15) is 0 Å². The smallest absolute Gasteiger partial charge is 0.196 e. The summed E-state index contributed by atoms with van der Waals surface area (Å²) in [7, 11) is 1.69. The van der Waals surface area contributed by atoms with Crippen LogP contribution in [-0.4, -0.2) is 44.8 Å². The second-order valence-corrected chi connectivity index (χ2v) is 13.7. The summed E-state index contributed by atoms with van der Waals surface area (Å²) >= 11 is 0. The number of ether oxygens (including phenoxy) is 4. The van der Waals surface area contributed by atoms with Crippen molar-refractivity contribution in [2.24, 2.45) is 0 Å². The summed E-state index contributed by atoms with van der Waals surface area (Å²) in [5.74, 6) is 5.04. The molecule has 0 aliphatic carbocycles. The van der Waals surface area contributed by atoms with E-state index >= 15 is 0 Å². The highest BCUT2D eigenvalue weighted by Gasteiger charge is 2.17. The first kappa shape index (κ1) is 28.4. The van der Waals surface area contributed by atoms with Crippen molar-refractivity contribution >= 4 is 42.9 Å². The van der Waals surface area contributed by atoms with Gasteiger partial charge in [0.15, 0.2) is 24.1 Å². The number of hydrogen-bond acceptors (Lipinski definition) is 7. The van der Waals surface area contributed by atoms with E-state index in [0.717, 1.165) is 22.2 Å². The topological polar surface area (TPSA) is 74.7 Å². The van der Waals surface area contributed by atoms with E-state index in [1.165, 1.54) is 6.33 Å². The standard InChI is InChI=1S/C26H33N3O4Si.ClH/c1-17-20(12-13-34(6,7)8)10-9-11-22(17)29-26-21-14-24(32-18(2)30-4)25(33-19(3)31-5)15-23(21)27-16-28-26;/h9-11,14-16,18-19H,1-8H3,(H,27,28,29);1H. The highest BCUT2D eigenvalue weighted by atomic mass is 35.5. The number of nitrogens with zero attached hydrogens (tertiary/aromatic N) is 2. The second-order valence-electron chi connectivity index (χ2n) is 8.98. The Bertz CT molecular complexity index is 1220. The fraction of sp³-hybridized carbons (Fsp3) is 0.385. The molecule has 0 radical (unpaired) electrons. The predicted molar refractivity (Wildman–Crippen MR) is 146 cm³/mol. The van der Waals surface area contributed by atoms with Gasteiger partial charge in [0.2, 0.25) is 0 Å². The number of nitrogens with one attached hydrogen (secondary N) is 1. The summed E-state index contributed by atoms with van der Waals surface area (Å²) in [6.07, 6.45) is 0.596. The number of anilines is 2. The van der Waals surface area contributed by atoms with Crippen molar-refractivity contribution in [2.45, 2.75) is 53.0 Å². The molecule has 0 saturated heterocycles. The molecule has 0 aliphatic heterocycles. The fourth-order valence-electron chi connectivity index (χ4n) is 3.09. The summed E-state index contributed by atoms with van der Waals surface area (Å²) in [5.41, 5.74) is 7.16. The largest absolute Gasteiger partial charge is 0.461 e. The number of hydrogen-bond donors (Lipinski definition) is 1. The molecule has 1 N–H and O–H groups in total. The van der Waals surface area contributed by atoms with Crippen LogP contribution in [0.25, 0.3) is 10.9 Å². The van der Waals surface area contributed by atoms with Crippen molar-refractivity contribution in [3.05, 3.63) is 47.8 Å². The minimum atomic E-state index is -1.48. The maximum atomic E-state index is 5.96. The Kier molecular flexibility index (Phi) is 9.92. The van der Waals surface area contributed by atoms with Crippen molar-refractivity contribution in [2.75, 3.05) is 19.5 Å². The molecule has 0 saturated carbocycles. The van der Waals surface area contributed by atoms with Crippen molar-refractivity contribution < 1.29 is 18.9 Å².